The second kappa shape index (κ2) is 13.0. The molecule has 0 atom stereocenters. The number of nitriles is 1. The van der Waals surface area contributed by atoms with Crippen molar-refractivity contribution < 1.29 is 9.53 Å². The molecule has 5 rings (SSSR count). The third-order valence-electron chi connectivity index (χ3n) is 7.53. The molecule has 42 heavy (non-hydrogen) atoms. The van der Waals surface area contributed by atoms with Gasteiger partial charge in [-0.05, 0) is 85.2 Å². The van der Waals surface area contributed by atoms with Gasteiger partial charge in [-0.1, -0.05) is 36.4 Å². The Labute approximate surface area is 246 Å². The number of nitrogens with zero attached hydrogens (tertiary/aromatic N) is 5. The molecule has 0 saturated heterocycles. The fourth-order valence-corrected chi connectivity index (χ4v) is 5.30. The van der Waals surface area contributed by atoms with Crippen molar-refractivity contribution in [3.63, 3.8) is 0 Å². The lowest BCUT2D eigenvalue weighted by atomic mass is 9.93. The van der Waals surface area contributed by atoms with Crippen molar-refractivity contribution >= 4 is 23.2 Å². The average Bonchev–Trinajstić information content (AvgIpc) is 3.45. The number of aryl methyl sites for hydroxylation is 1. The van der Waals surface area contributed by atoms with Crippen LogP contribution >= 0.6 is 0 Å². The molecular formula is C33H35N7O2. The molecule has 0 aliphatic carbocycles. The number of benzene rings is 3. The highest BCUT2D eigenvalue weighted by Crippen LogP contribution is 2.36. The Morgan fingerprint density at radius 1 is 1.17 bits per heavy atom. The summed E-state index contributed by atoms with van der Waals surface area (Å²) in [6.07, 6.45) is 8.60. The molecule has 1 aromatic heterocycles. The summed E-state index contributed by atoms with van der Waals surface area (Å²) in [6.45, 7) is 5.92. The van der Waals surface area contributed by atoms with E-state index >= 15 is 0 Å². The topological polar surface area (TPSA) is 122 Å². The lowest BCUT2D eigenvalue weighted by Gasteiger charge is -2.31. The molecule has 3 N–H and O–H groups in total. The highest BCUT2D eigenvalue weighted by molar-refractivity contribution is 5.96. The molecule has 1 aliphatic heterocycles. The Morgan fingerprint density at radius 2 is 2.00 bits per heavy atom. The number of aromatic nitrogens is 2. The number of rotatable bonds is 9. The molecule has 4 aromatic rings. The number of hydrogen-bond donors (Lipinski definition) is 2. The summed E-state index contributed by atoms with van der Waals surface area (Å²) in [4.78, 5) is 19.4. The third kappa shape index (κ3) is 6.61. The van der Waals surface area contributed by atoms with E-state index in [-0.39, 0.29) is 11.9 Å². The van der Waals surface area contributed by atoms with Gasteiger partial charge in [0.25, 0.3) is 0 Å². The van der Waals surface area contributed by atoms with Gasteiger partial charge in [0, 0.05) is 30.4 Å². The van der Waals surface area contributed by atoms with Crippen LogP contribution in [0.1, 0.15) is 41.5 Å². The van der Waals surface area contributed by atoms with Crippen LogP contribution in [0.15, 0.2) is 78.0 Å². The van der Waals surface area contributed by atoms with Gasteiger partial charge >= 0.3 is 0 Å². The minimum atomic E-state index is 0.0445. The van der Waals surface area contributed by atoms with Gasteiger partial charge in [-0.15, -0.1) is 0 Å². The van der Waals surface area contributed by atoms with E-state index < -0.39 is 0 Å². The molecule has 3 aromatic carbocycles. The number of nitrogens with two attached hydrogens (primary N) is 1. The highest BCUT2D eigenvalue weighted by atomic mass is 16.5. The Kier molecular flexibility index (Phi) is 8.83. The zero-order chi connectivity index (χ0) is 29.5. The number of carbonyl (C=O) groups excluding carboxylic acids is 1. The first-order valence-electron chi connectivity index (χ1n) is 14.1. The number of ether oxygens (including phenoxy) is 1. The smallest absolute Gasteiger partial charge is 0.227 e. The lowest BCUT2D eigenvalue weighted by Crippen LogP contribution is -2.35. The minimum Gasteiger partial charge on any atom is -0.493 e. The van der Waals surface area contributed by atoms with Gasteiger partial charge in [-0.2, -0.15) is 10.4 Å². The van der Waals surface area contributed by atoms with Crippen molar-refractivity contribution in [2.45, 2.75) is 46.1 Å². The van der Waals surface area contributed by atoms with E-state index in [0.29, 0.717) is 31.7 Å². The molecule has 0 radical (unpaired) electrons. The molecule has 1 aliphatic rings. The SMILES string of the molecule is Cc1cccc(OCCCC(=O)N2CCCc3c(-c4cnn(Cc5cccc(N=C(N)NC#N)c5)c4)cccc32)c1C. The van der Waals surface area contributed by atoms with Gasteiger partial charge < -0.3 is 15.4 Å². The van der Waals surface area contributed by atoms with Crippen LogP contribution in [0, 0.1) is 25.3 Å². The van der Waals surface area contributed by atoms with Crippen molar-refractivity contribution in [2.24, 2.45) is 10.7 Å². The summed E-state index contributed by atoms with van der Waals surface area (Å²) in [6, 6.07) is 19.8. The van der Waals surface area contributed by atoms with Gasteiger partial charge in [0.15, 0.2) is 6.19 Å². The monoisotopic (exact) mass is 561 g/mol. The van der Waals surface area contributed by atoms with Crippen LogP contribution in [0.5, 0.6) is 5.75 Å². The summed E-state index contributed by atoms with van der Waals surface area (Å²) in [7, 11) is 0. The molecular weight excluding hydrogens is 526 g/mol. The third-order valence-corrected chi connectivity index (χ3v) is 7.53. The lowest BCUT2D eigenvalue weighted by molar-refractivity contribution is -0.118. The fraction of sp³-hybridized carbons (Fsp3) is 0.273. The average molecular weight is 562 g/mol. The molecule has 0 fully saturated rings. The first-order chi connectivity index (χ1) is 20.4. The Morgan fingerprint density at radius 3 is 2.86 bits per heavy atom. The van der Waals surface area contributed by atoms with E-state index in [0.717, 1.165) is 53.1 Å². The minimum absolute atomic E-state index is 0.0445. The van der Waals surface area contributed by atoms with Crippen LogP contribution in [-0.4, -0.2) is 34.8 Å². The Bertz CT molecular complexity index is 1650. The van der Waals surface area contributed by atoms with Gasteiger partial charge in [-0.25, -0.2) is 4.99 Å². The largest absolute Gasteiger partial charge is 0.493 e. The van der Waals surface area contributed by atoms with E-state index in [4.69, 9.17) is 15.7 Å². The number of hydrogen-bond acceptors (Lipinski definition) is 5. The van der Waals surface area contributed by atoms with Crippen molar-refractivity contribution in [3.8, 4) is 23.1 Å². The maximum absolute atomic E-state index is 13.3. The van der Waals surface area contributed by atoms with E-state index in [1.165, 1.54) is 11.1 Å². The number of guanidine groups is 1. The Hall–Kier alpha value is -5.10. The molecule has 0 unspecified atom stereocenters. The maximum atomic E-state index is 13.3. The molecule has 214 valence electrons. The first-order valence-corrected chi connectivity index (χ1v) is 14.1. The van der Waals surface area contributed by atoms with E-state index in [1.54, 1.807) is 6.19 Å². The number of anilines is 1. The molecule has 0 saturated carbocycles. The quantitative estimate of drug-likeness (QED) is 0.0932. The number of carbonyl (C=O) groups is 1. The summed E-state index contributed by atoms with van der Waals surface area (Å²) in [5, 5.41) is 15.6. The second-order valence-electron chi connectivity index (χ2n) is 10.4. The number of nitrogens with one attached hydrogen (secondary N) is 1. The van der Waals surface area contributed by atoms with E-state index in [1.807, 2.05) is 70.5 Å². The summed E-state index contributed by atoms with van der Waals surface area (Å²) in [5.74, 6) is 1.05. The maximum Gasteiger partial charge on any atom is 0.227 e. The zero-order valence-electron chi connectivity index (χ0n) is 24.0. The fourth-order valence-electron chi connectivity index (χ4n) is 5.30. The molecule has 0 spiro atoms. The van der Waals surface area contributed by atoms with Crippen LogP contribution < -0.4 is 20.7 Å². The standard InChI is InChI=1S/C33H35N7O2/c1-23-8-3-14-31(24(23)2)42-17-7-15-32(41)40-16-6-12-29-28(11-5-13-30(29)40)26-19-37-39(21-26)20-25-9-4-10-27(18-25)38-33(35)36-22-34/h3-5,8-11,13-14,18-19,21H,6-7,12,15-17,20H2,1-2H3,(H3,35,36,38). The van der Waals surface area contributed by atoms with Crippen molar-refractivity contribution in [1.29, 1.82) is 5.26 Å². The normalized spacial score (nSPS) is 12.9. The summed E-state index contributed by atoms with van der Waals surface area (Å²) < 4.78 is 7.86. The van der Waals surface area contributed by atoms with Crippen molar-refractivity contribution in [3.05, 3.63) is 95.3 Å². The number of amides is 1. The molecule has 9 nitrogen and oxygen atoms in total. The first kappa shape index (κ1) is 28.4. The predicted octanol–water partition coefficient (Wildman–Crippen LogP) is 5.37. The molecule has 2 heterocycles. The van der Waals surface area contributed by atoms with Crippen LogP contribution in [-0.2, 0) is 17.8 Å². The van der Waals surface area contributed by atoms with E-state index in [9.17, 15) is 4.79 Å². The van der Waals surface area contributed by atoms with Crippen LogP contribution in [0.2, 0.25) is 0 Å². The van der Waals surface area contributed by atoms with Crippen molar-refractivity contribution in [2.75, 3.05) is 18.1 Å². The zero-order valence-corrected chi connectivity index (χ0v) is 24.0. The summed E-state index contributed by atoms with van der Waals surface area (Å²) >= 11 is 0. The number of fused-ring (bicyclic) bond motifs is 1. The van der Waals surface area contributed by atoms with E-state index in [2.05, 4.69) is 41.4 Å². The van der Waals surface area contributed by atoms with Crippen LogP contribution in [0.4, 0.5) is 11.4 Å². The van der Waals surface area contributed by atoms with Gasteiger partial charge in [0.2, 0.25) is 11.9 Å². The summed E-state index contributed by atoms with van der Waals surface area (Å²) in [5.41, 5.74) is 14.0. The molecule has 1 amide bonds. The molecule has 9 heteroatoms. The second-order valence-corrected chi connectivity index (χ2v) is 10.4. The molecule has 0 bridgehead atoms. The van der Waals surface area contributed by atoms with Crippen molar-refractivity contribution in [1.82, 2.24) is 15.1 Å². The Balaban J connectivity index is 1.25. The van der Waals surface area contributed by atoms with Gasteiger partial charge in [0.05, 0.1) is 25.0 Å². The van der Waals surface area contributed by atoms with Gasteiger partial charge in [-0.3, -0.25) is 14.8 Å². The van der Waals surface area contributed by atoms with Crippen LogP contribution in [0.3, 0.4) is 0 Å². The van der Waals surface area contributed by atoms with Crippen LogP contribution in [0.25, 0.3) is 11.1 Å². The van der Waals surface area contributed by atoms with Gasteiger partial charge in [0.1, 0.15) is 5.75 Å². The predicted molar refractivity (Wildman–Crippen MR) is 165 cm³/mol. The number of aliphatic imine (C=N–C) groups is 1. The highest BCUT2D eigenvalue weighted by Gasteiger charge is 2.24.